The van der Waals surface area contributed by atoms with Crippen LogP contribution >= 0.6 is 42.2 Å². The number of aliphatic carboxylic acids is 1. The van der Waals surface area contributed by atoms with Crippen LogP contribution in [0.25, 0.3) is 0 Å². The first-order valence-corrected chi connectivity index (χ1v) is 17.5. The molecule has 0 saturated carbocycles. The molecule has 2 aromatic carbocycles. The fraction of sp³-hybridized carbons (Fsp3) is 0.355. The van der Waals surface area contributed by atoms with E-state index in [-0.39, 0.29) is 50.4 Å². The van der Waals surface area contributed by atoms with E-state index >= 15 is 0 Å². The molecule has 2 amide bonds. The Morgan fingerprint density at radius 3 is 2.06 bits per heavy atom. The number of ether oxygens (including phenoxy) is 2. The zero-order chi connectivity index (χ0) is 36.5. The number of methoxy groups -OCH3 is 1. The molecule has 260 valence electrons. The molecule has 48 heavy (non-hydrogen) atoms. The number of nitrogens with two attached hydrogens (primary N) is 1. The highest BCUT2D eigenvalue weighted by molar-refractivity contribution is 7.57. The van der Waals surface area contributed by atoms with Crippen LogP contribution in [0.4, 0.5) is 10.1 Å². The van der Waals surface area contributed by atoms with Crippen LogP contribution in [0.15, 0.2) is 35.4 Å². The maximum Gasteiger partial charge on any atom is 0.341 e. The highest BCUT2D eigenvalue weighted by Gasteiger charge is 2.41. The predicted octanol–water partition coefficient (Wildman–Crippen LogP) is 6.01. The number of carboxylic acids is 2. The summed E-state index contributed by atoms with van der Waals surface area (Å²) in [5, 5.41) is 17.4. The summed E-state index contributed by atoms with van der Waals surface area (Å²) in [6.07, 6.45) is 7.47. The maximum absolute atomic E-state index is 14.4. The minimum Gasteiger partial charge on any atom is -0.494 e. The molecule has 3 unspecified atom stereocenters. The third kappa shape index (κ3) is 10.7. The summed E-state index contributed by atoms with van der Waals surface area (Å²) < 4.78 is 35.3. The largest absolute Gasteiger partial charge is 0.494 e. The Balaban J connectivity index is 0.000000282. The van der Waals surface area contributed by atoms with Crippen LogP contribution in [0.3, 0.4) is 0 Å². The number of nitrogens with zero attached hydrogens (tertiary/aromatic N) is 1. The fourth-order valence-electron chi connectivity index (χ4n) is 4.40. The summed E-state index contributed by atoms with van der Waals surface area (Å²) in [6.45, 7) is 2.81. The van der Waals surface area contributed by atoms with Crippen molar-refractivity contribution in [2.45, 2.75) is 51.2 Å². The van der Waals surface area contributed by atoms with E-state index in [0.29, 0.717) is 24.0 Å². The molecule has 0 radical (unpaired) electrons. The van der Waals surface area contributed by atoms with Gasteiger partial charge in [0, 0.05) is 30.0 Å². The van der Waals surface area contributed by atoms with E-state index in [2.05, 4.69) is 5.92 Å². The number of terminal acetylenes is 1. The number of halogens is 4. The normalized spacial score (nSPS) is 16.2. The van der Waals surface area contributed by atoms with Crippen molar-refractivity contribution < 1.29 is 52.7 Å². The van der Waals surface area contributed by atoms with Crippen LogP contribution in [0.1, 0.15) is 49.4 Å². The molecule has 0 fully saturated rings. The number of carbonyl (C=O) groups excluding carboxylic acids is 2. The first-order valence-electron chi connectivity index (χ1n) is 14.1. The number of imide groups is 1. The van der Waals surface area contributed by atoms with Crippen molar-refractivity contribution in [3.63, 3.8) is 0 Å². The molecule has 3 atom stereocenters. The SMILES string of the molecule is C#CC(C)Oc1cc(N2C(=O)C3=C(CCCC3)C2=O)c(F)cc1Cl.COc1c(Cl)ccc(Cl)c1C(=O)O.CP(=O)(O)CCC(N)C(=O)O. The van der Waals surface area contributed by atoms with E-state index in [9.17, 15) is 28.1 Å². The predicted molar refractivity (Wildman–Crippen MR) is 179 cm³/mol. The summed E-state index contributed by atoms with van der Waals surface area (Å²) in [5.41, 5.74) is 5.79. The lowest BCUT2D eigenvalue weighted by Crippen LogP contribution is -2.32. The van der Waals surface area contributed by atoms with Gasteiger partial charge < -0.3 is 30.3 Å². The smallest absolute Gasteiger partial charge is 0.341 e. The van der Waals surface area contributed by atoms with Gasteiger partial charge in [-0.1, -0.05) is 40.7 Å². The van der Waals surface area contributed by atoms with Crippen molar-refractivity contribution in [3.05, 3.63) is 61.9 Å². The Labute approximate surface area is 291 Å². The second kappa shape index (κ2) is 17.7. The Kier molecular flexibility index (Phi) is 14.9. The van der Waals surface area contributed by atoms with Crippen LogP contribution in [0.2, 0.25) is 15.1 Å². The number of benzene rings is 2. The van der Waals surface area contributed by atoms with Crippen molar-refractivity contribution >= 4 is 71.6 Å². The Morgan fingerprint density at radius 2 is 1.62 bits per heavy atom. The van der Waals surface area contributed by atoms with E-state index in [1.54, 1.807) is 6.92 Å². The average Bonchev–Trinajstić information content (AvgIpc) is 3.27. The Morgan fingerprint density at radius 1 is 1.08 bits per heavy atom. The van der Waals surface area contributed by atoms with Gasteiger partial charge in [0.25, 0.3) is 11.8 Å². The summed E-state index contributed by atoms with van der Waals surface area (Å²) in [5.74, 6) is -1.41. The fourth-order valence-corrected chi connectivity index (χ4v) is 5.81. The lowest BCUT2D eigenvalue weighted by Gasteiger charge is -2.19. The van der Waals surface area contributed by atoms with Gasteiger partial charge in [-0.25, -0.2) is 14.1 Å². The van der Waals surface area contributed by atoms with Crippen LogP contribution < -0.4 is 20.1 Å². The van der Waals surface area contributed by atoms with Crippen molar-refractivity contribution in [2.75, 3.05) is 24.8 Å². The van der Waals surface area contributed by atoms with Crippen LogP contribution in [0, 0.1) is 18.2 Å². The standard InChI is InChI=1S/C18H15ClFNO3.C8H6Cl2O3.C5H12NO4P/c1-3-10(2)24-16-9-15(14(20)8-13(16)19)21-17(22)11-6-4-5-7-12(11)18(21)23;1-13-7-5(10)3-2-4(9)6(7)8(11)12;1-11(9,10)3-2-4(6)5(7)8/h1,8-10H,4-7H2,2H3;2-3H,1H3,(H,11,12);4H,2-3,6H2,1H3,(H,7,8)(H,9,10). The second-order valence-corrected chi connectivity index (χ2v) is 14.3. The van der Waals surface area contributed by atoms with Gasteiger partial charge in [0.1, 0.15) is 23.2 Å². The lowest BCUT2D eigenvalue weighted by atomic mass is 9.93. The second-order valence-electron chi connectivity index (χ2n) is 10.5. The van der Waals surface area contributed by atoms with Gasteiger partial charge in [0.05, 0.1) is 27.9 Å². The molecule has 1 aliphatic carbocycles. The van der Waals surface area contributed by atoms with Gasteiger partial charge in [-0.2, -0.15) is 0 Å². The molecule has 1 heterocycles. The van der Waals surface area contributed by atoms with E-state index in [1.807, 2.05) is 0 Å². The first kappa shape index (κ1) is 40.5. The quantitative estimate of drug-likeness (QED) is 0.133. The van der Waals surface area contributed by atoms with Gasteiger partial charge in [0.15, 0.2) is 19.2 Å². The summed E-state index contributed by atoms with van der Waals surface area (Å²) in [7, 11) is -1.77. The number of anilines is 1. The first-order chi connectivity index (χ1) is 22.3. The molecule has 4 rings (SSSR count). The molecule has 2 aromatic rings. The van der Waals surface area contributed by atoms with Gasteiger partial charge >= 0.3 is 11.9 Å². The van der Waals surface area contributed by atoms with E-state index < -0.39 is 49.1 Å². The third-order valence-corrected chi connectivity index (χ3v) is 8.82. The molecular weight excluding hydrogens is 717 g/mol. The minimum absolute atomic E-state index is 0.0233. The number of amides is 2. The minimum atomic E-state index is -3.10. The zero-order valence-corrected chi connectivity index (χ0v) is 29.1. The van der Waals surface area contributed by atoms with Gasteiger partial charge in [-0.05, 0) is 57.2 Å². The third-order valence-electron chi connectivity index (χ3n) is 6.82. The van der Waals surface area contributed by atoms with Crippen molar-refractivity contribution in [3.8, 4) is 23.8 Å². The molecule has 5 N–H and O–H groups in total. The molecule has 2 aliphatic rings. The number of hydrogen-bond donors (Lipinski definition) is 4. The Bertz CT molecular complexity index is 1680. The topological polar surface area (TPSA) is 194 Å². The molecule has 12 nitrogen and oxygen atoms in total. The van der Waals surface area contributed by atoms with Crippen molar-refractivity contribution in [1.29, 1.82) is 0 Å². The summed E-state index contributed by atoms with van der Waals surface area (Å²) in [6, 6.07) is 4.13. The molecule has 17 heteroatoms. The number of aromatic carboxylic acids is 1. The van der Waals surface area contributed by atoms with Crippen LogP contribution in [0.5, 0.6) is 11.5 Å². The van der Waals surface area contributed by atoms with E-state index in [1.165, 1.54) is 32.0 Å². The zero-order valence-electron chi connectivity index (χ0n) is 26.0. The molecule has 0 saturated heterocycles. The van der Waals surface area contributed by atoms with E-state index in [4.69, 9.17) is 71.5 Å². The van der Waals surface area contributed by atoms with Gasteiger partial charge in [0.2, 0.25) is 0 Å². The number of rotatable bonds is 9. The molecule has 0 bridgehead atoms. The maximum atomic E-state index is 14.4. The Hall–Kier alpha value is -3.63. The number of carbonyl (C=O) groups is 4. The monoisotopic (exact) mass is 748 g/mol. The highest BCUT2D eigenvalue weighted by Crippen LogP contribution is 2.40. The van der Waals surface area contributed by atoms with Crippen LogP contribution in [-0.2, 0) is 18.9 Å². The van der Waals surface area contributed by atoms with Crippen molar-refractivity contribution in [2.24, 2.45) is 5.73 Å². The lowest BCUT2D eigenvalue weighted by molar-refractivity contribution is -0.138. The molecule has 1 aliphatic heterocycles. The number of hydrogen-bond acceptors (Lipinski definition) is 8. The molecular formula is C31H33Cl3FN2O10P. The van der Waals surface area contributed by atoms with Crippen LogP contribution in [-0.4, -0.2) is 70.9 Å². The van der Waals surface area contributed by atoms with Crippen molar-refractivity contribution in [1.82, 2.24) is 0 Å². The molecule has 0 spiro atoms. The average molecular weight is 750 g/mol. The van der Waals surface area contributed by atoms with Gasteiger partial charge in [-0.15, -0.1) is 6.42 Å². The molecule has 0 aromatic heterocycles. The van der Waals surface area contributed by atoms with E-state index in [0.717, 1.165) is 23.8 Å². The number of carboxylic acid groups (broad SMARTS) is 2. The highest BCUT2D eigenvalue weighted by atomic mass is 35.5. The summed E-state index contributed by atoms with van der Waals surface area (Å²) in [4.78, 5) is 55.6. The van der Waals surface area contributed by atoms with Gasteiger partial charge in [-0.3, -0.25) is 18.9 Å². The summed E-state index contributed by atoms with van der Waals surface area (Å²) >= 11 is 17.3.